The normalized spacial score (nSPS) is 12.5. The summed E-state index contributed by atoms with van der Waals surface area (Å²) in [6.45, 7) is 6.88. The third kappa shape index (κ3) is 7.26. The van der Waals surface area contributed by atoms with Gasteiger partial charge < -0.3 is 14.6 Å². The van der Waals surface area contributed by atoms with Gasteiger partial charge in [0, 0.05) is 51.1 Å². The summed E-state index contributed by atoms with van der Waals surface area (Å²) in [5.74, 6) is 0. The van der Waals surface area contributed by atoms with Gasteiger partial charge in [-0.15, -0.1) is 0 Å². The highest BCUT2D eigenvalue weighted by atomic mass is 15.2. The first-order valence-electron chi connectivity index (χ1n) is 23.7. The molecule has 0 atom stereocenters. The molecule has 68 heavy (non-hydrogen) atoms. The molecule has 4 heteroatoms. The van der Waals surface area contributed by atoms with Gasteiger partial charge in [-0.25, -0.2) is 0 Å². The Morgan fingerprint density at radius 1 is 0.353 bits per heavy atom. The van der Waals surface area contributed by atoms with Crippen molar-refractivity contribution in [2.75, 3.05) is 14.6 Å². The summed E-state index contributed by atoms with van der Waals surface area (Å²) in [7, 11) is 0. The van der Waals surface area contributed by atoms with Crippen LogP contribution in [0.15, 0.2) is 249 Å². The summed E-state index contributed by atoms with van der Waals surface area (Å²) in [5.41, 5.74) is 22.4. The van der Waals surface area contributed by atoms with E-state index in [1.54, 1.807) is 0 Å². The van der Waals surface area contributed by atoms with Crippen molar-refractivity contribution in [2.24, 2.45) is 0 Å². The molecule has 2 aliphatic heterocycles. The van der Waals surface area contributed by atoms with Gasteiger partial charge in [0.05, 0.1) is 0 Å². The smallest absolute Gasteiger partial charge is 0.333 e. The van der Waals surface area contributed by atoms with Crippen molar-refractivity contribution < 1.29 is 0 Å². The van der Waals surface area contributed by atoms with Crippen LogP contribution in [0.2, 0.25) is 0 Å². The molecule has 2 heterocycles. The van der Waals surface area contributed by atoms with Gasteiger partial charge >= 0.3 is 6.85 Å². The fraction of sp³-hybridized carbons (Fsp3) is 0.0625. The standard InChI is InChI=1S/C64H50BN3/c1-64(2,3)51-42-58-57-41-50(47-25-13-6-14-26-47)35-38-60(57)68(56-34-20-28-49(40-56)46-23-11-5-12-24-46)65-59-37-36-55(66(52-29-15-7-16-30-52)53-31-17-8-18-32-53)44-61(59)67(62(43-51)63(58)65)54-33-19-27-48(39-54)45-21-9-4-10-22-45/h4-44H,1-3H3. The summed E-state index contributed by atoms with van der Waals surface area (Å²) in [6.07, 6.45) is 0. The lowest BCUT2D eigenvalue weighted by Crippen LogP contribution is -2.61. The number of benzene rings is 10. The molecular weight excluding hydrogens is 822 g/mol. The van der Waals surface area contributed by atoms with E-state index < -0.39 is 0 Å². The average molecular weight is 872 g/mol. The Balaban J connectivity index is 1.18. The van der Waals surface area contributed by atoms with Gasteiger partial charge in [-0.2, -0.15) is 0 Å². The predicted molar refractivity (Wildman–Crippen MR) is 290 cm³/mol. The lowest BCUT2D eigenvalue weighted by atomic mass is 9.43. The lowest BCUT2D eigenvalue weighted by molar-refractivity contribution is 0.590. The minimum absolute atomic E-state index is 0.142. The van der Waals surface area contributed by atoms with Crippen molar-refractivity contribution in [1.29, 1.82) is 0 Å². The van der Waals surface area contributed by atoms with E-state index in [2.05, 4.69) is 284 Å². The molecule has 3 nitrogen and oxygen atoms in total. The number of anilines is 8. The Morgan fingerprint density at radius 2 is 0.853 bits per heavy atom. The highest BCUT2D eigenvalue weighted by molar-refractivity contribution is 6.93. The molecule has 0 N–H and O–H groups in total. The molecule has 0 spiro atoms. The van der Waals surface area contributed by atoms with Crippen LogP contribution < -0.4 is 25.5 Å². The predicted octanol–water partition coefficient (Wildman–Crippen LogP) is 16.2. The number of nitrogens with zero attached hydrogens (tertiary/aromatic N) is 3. The summed E-state index contributed by atoms with van der Waals surface area (Å²) < 4.78 is 0. The molecule has 0 amide bonds. The molecule has 0 fully saturated rings. The van der Waals surface area contributed by atoms with Crippen molar-refractivity contribution >= 4 is 63.3 Å². The zero-order valence-electron chi connectivity index (χ0n) is 38.6. The van der Waals surface area contributed by atoms with Crippen LogP contribution in [-0.2, 0) is 5.41 Å². The van der Waals surface area contributed by atoms with Gasteiger partial charge in [-0.1, -0.05) is 191 Å². The Kier molecular flexibility index (Phi) is 10.2. The first-order chi connectivity index (χ1) is 33.4. The van der Waals surface area contributed by atoms with Crippen molar-refractivity contribution in [2.45, 2.75) is 26.2 Å². The van der Waals surface area contributed by atoms with Gasteiger partial charge in [0.15, 0.2) is 0 Å². The van der Waals surface area contributed by atoms with Crippen LogP contribution in [0.25, 0.3) is 44.5 Å². The van der Waals surface area contributed by atoms with Crippen LogP contribution in [0.3, 0.4) is 0 Å². The molecule has 324 valence electrons. The summed E-state index contributed by atoms with van der Waals surface area (Å²) in [4.78, 5) is 7.57. The number of hydrogen-bond acceptors (Lipinski definition) is 3. The van der Waals surface area contributed by atoms with Crippen LogP contribution in [0, 0.1) is 0 Å². The fourth-order valence-electron chi connectivity index (χ4n) is 10.4. The highest BCUT2D eigenvalue weighted by Gasteiger charge is 2.46. The van der Waals surface area contributed by atoms with Gasteiger partial charge in [0.1, 0.15) is 0 Å². The molecule has 0 bridgehead atoms. The maximum Gasteiger partial charge on any atom is 0.333 e. The second-order valence-electron chi connectivity index (χ2n) is 19.0. The SMILES string of the molecule is CC(C)(C)c1cc2c3c(c1)N(c1cccc(-c4ccccc4)c1)c1cc(N(c4ccccc4)c4ccccc4)ccc1B3N(c1cccc(-c3ccccc3)c1)c1ccc(-c3ccccc3)cc1-2. The maximum atomic E-state index is 2.63. The summed E-state index contributed by atoms with van der Waals surface area (Å²) >= 11 is 0. The second kappa shape index (κ2) is 16.8. The molecule has 10 aromatic carbocycles. The molecule has 0 aromatic heterocycles. The molecule has 12 rings (SSSR count). The van der Waals surface area contributed by atoms with E-state index in [9.17, 15) is 0 Å². The minimum atomic E-state index is -0.158. The zero-order chi connectivity index (χ0) is 45.8. The van der Waals surface area contributed by atoms with Crippen LogP contribution in [0.5, 0.6) is 0 Å². The van der Waals surface area contributed by atoms with Gasteiger partial charge in [0.2, 0.25) is 0 Å². The van der Waals surface area contributed by atoms with Gasteiger partial charge in [-0.3, -0.25) is 0 Å². The van der Waals surface area contributed by atoms with E-state index in [1.807, 2.05) is 0 Å². The van der Waals surface area contributed by atoms with E-state index in [1.165, 1.54) is 72.4 Å². The Hall–Kier alpha value is -8.34. The van der Waals surface area contributed by atoms with Crippen LogP contribution in [0.1, 0.15) is 26.3 Å². The monoisotopic (exact) mass is 871 g/mol. The molecule has 0 saturated carbocycles. The first-order valence-corrected chi connectivity index (χ1v) is 23.7. The Morgan fingerprint density at radius 3 is 1.41 bits per heavy atom. The van der Waals surface area contributed by atoms with E-state index >= 15 is 0 Å². The van der Waals surface area contributed by atoms with E-state index in [0.717, 1.165) is 34.1 Å². The van der Waals surface area contributed by atoms with Crippen molar-refractivity contribution in [3.8, 4) is 44.5 Å². The van der Waals surface area contributed by atoms with Gasteiger partial charge in [0.25, 0.3) is 0 Å². The molecular formula is C64H50BN3. The maximum absolute atomic E-state index is 2.63. The van der Waals surface area contributed by atoms with Crippen molar-refractivity contribution in [3.05, 3.63) is 254 Å². The zero-order valence-corrected chi connectivity index (χ0v) is 38.6. The molecule has 2 aliphatic rings. The number of rotatable bonds is 8. The average Bonchev–Trinajstić information content (AvgIpc) is 3.39. The minimum Gasteiger partial charge on any atom is -0.376 e. The summed E-state index contributed by atoms with van der Waals surface area (Å²) in [5, 5.41) is 0. The molecule has 0 aliphatic carbocycles. The fourth-order valence-corrected chi connectivity index (χ4v) is 10.4. The van der Waals surface area contributed by atoms with Crippen LogP contribution in [-0.4, -0.2) is 6.85 Å². The van der Waals surface area contributed by atoms with Crippen molar-refractivity contribution in [3.63, 3.8) is 0 Å². The topological polar surface area (TPSA) is 9.72 Å². The summed E-state index contributed by atoms with van der Waals surface area (Å²) in [6, 6.07) is 91.4. The molecule has 0 unspecified atom stereocenters. The second-order valence-corrected chi connectivity index (χ2v) is 19.0. The van der Waals surface area contributed by atoms with Crippen LogP contribution >= 0.6 is 0 Å². The Bertz CT molecular complexity index is 3400. The van der Waals surface area contributed by atoms with E-state index in [0.29, 0.717) is 0 Å². The van der Waals surface area contributed by atoms with Gasteiger partial charge in [-0.05, 0) is 140 Å². The third-order valence-electron chi connectivity index (χ3n) is 13.7. The number of hydrogen-bond donors (Lipinski definition) is 0. The molecule has 10 aromatic rings. The Labute approximate surface area is 401 Å². The van der Waals surface area contributed by atoms with Crippen LogP contribution in [0.4, 0.5) is 45.5 Å². The number of para-hydroxylation sites is 2. The van der Waals surface area contributed by atoms with E-state index in [4.69, 9.17) is 0 Å². The first kappa shape index (κ1) is 41.1. The lowest BCUT2D eigenvalue weighted by Gasteiger charge is -2.46. The molecule has 0 radical (unpaired) electrons. The van der Waals surface area contributed by atoms with Crippen molar-refractivity contribution in [1.82, 2.24) is 0 Å². The largest absolute Gasteiger partial charge is 0.376 e. The third-order valence-corrected chi connectivity index (χ3v) is 13.7. The quantitative estimate of drug-likeness (QED) is 0.141. The number of fused-ring (bicyclic) bond motifs is 4. The highest BCUT2D eigenvalue weighted by Crippen LogP contribution is 2.50. The molecule has 0 saturated heterocycles. The van der Waals surface area contributed by atoms with E-state index in [-0.39, 0.29) is 12.3 Å².